The van der Waals surface area contributed by atoms with Crippen LogP contribution in [0, 0.1) is 6.92 Å². The van der Waals surface area contributed by atoms with E-state index in [0.29, 0.717) is 0 Å². The van der Waals surface area contributed by atoms with Crippen LogP contribution in [-0.2, 0) is 21.7 Å². The van der Waals surface area contributed by atoms with E-state index in [9.17, 15) is 0 Å². The molecule has 0 atom stereocenters. The predicted molar refractivity (Wildman–Crippen MR) is 292 cm³/mol. The molecule has 8 aromatic carbocycles. The van der Waals surface area contributed by atoms with Crippen LogP contribution in [0.2, 0.25) is 0 Å². The van der Waals surface area contributed by atoms with Crippen molar-refractivity contribution in [3.63, 3.8) is 0 Å². The Bertz CT molecular complexity index is 4090. The van der Waals surface area contributed by atoms with Gasteiger partial charge in [-0.25, -0.2) is 0 Å². The minimum atomic E-state index is -0.201. The lowest BCUT2D eigenvalue weighted by Crippen LogP contribution is -2.37. The molecule has 3 aliphatic rings. The quantitative estimate of drug-likeness (QED) is 0.180. The molecule has 3 aromatic heterocycles. The molecular weight excluding hydrogens is 840 g/mol. The van der Waals surface area contributed by atoms with Gasteiger partial charge in [0.15, 0.2) is 7.28 Å². The molecule has 337 valence electrons. The third kappa shape index (κ3) is 5.65. The molecule has 11 aromatic rings. The Labute approximate surface area is 404 Å². The summed E-state index contributed by atoms with van der Waals surface area (Å²) in [5.74, 6) is 0. The molecule has 0 spiro atoms. The smallest absolute Gasteiger partial charge is 0.197 e. The molecule has 0 saturated heterocycles. The second-order valence-corrected chi connectivity index (χ2v) is 23.6. The Morgan fingerprint density at radius 2 is 1.16 bits per heavy atom. The van der Waals surface area contributed by atoms with Gasteiger partial charge in [-0.1, -0.05) is 135 Å². The minimum Gasteiger partial charge on any atom is -0.456 e. The average Bonchev–Trinajstić information content (AvgIpc) is 4.03. The second kappa shape index (κ2) is 13.4. The minimum absolute atomic E-state index is 0.0551. The van der Waals surface area contributed by atoms with E-state index in [0.717, 1.165) is 71.9 Å². The van der Waals surface area contributed by atoms with Crippen molar-refractivity contribution in [2.45, 2.75) is 104 Å². The average molecular weight is 896 g/mol. The molecule has 0 bridgehead atoms. The Morgan fingerprint density at radius 3 is 1.84 bits per heavy atom. The summed E-state index contributed by atoms with van der Waals surface area (Å²) in [6.45, 7) is 23.8. The molecule has 4 heterocycles. The first-order chi connectivity index (χ1) is 32.9. The van der Waals surface area contributed by atoms with Crippen LogP contribution in [-0.4, -0.2) is 11.8 Å². The van der Waals surface area contributed by atoms with Gasteiger partial charge in [0.25, 0.3) is 0 Å². The number of anilines is 2. The summed E-state index contributed by atoms with van der Waals surface area (Å²) in [5, 5.41) is 11.1. The van der Waals surface area contributed by atoms with E-state index < -0.39 is 0 Å². The Hall–Kier alpha value is -6.98. The van der Waals surface area contributed by atoms with Crippen molar-refractivity contribution in [1.82, 2.24) is 4.57 Å². The molecule has 1 aliphatic heterocycles. The first kappa shape index (κ1) is 41.0. The van der Waals surface area contributed by atoms with Crippen LogP contribution in [0.25, 0.3) is 93.6 Å². The maximum atomic E-state index is 6.62. The summed E-state index contributed by atoms with van der Waals surface area (Å²) >= 11 is 0. The van der Waals surface area contributed by atoms with Gasteiger partial charge in [-0.3, -0.25) is 0 Å². The van der Waals surface area contributed by atoms with Crippen LogP contribution in [0.1, 0.15) is 109 Å². The molecular formula is C64H56BN2O2. The molecule has 0 amide bonds. The second-order valence-electron chi connectivity index (χ2n) is 23.6. The van der Waals surface area contributed by atoms with Crippen molar-refractivity contribution in [3.05, 3.63) is 161 Å². The SMILES string of the molecule is Cc1cc(-c2cc3c(cc2Nc2ccc(C(C)(C)C)cc2)C(C)(C)c2cc4c(cc2-3)C(C)(C)CCC4(C)C)c2c3c1c1cc4c(cc1n3-c1cc3oc5ccccc5c3cc1[B]2)oc1ccccc14. The number of nitrogens with zero attached hydrogens (tertiary/aromatic N) is 1. The maximum Gasteiger partial charge on any atom is 0.197 e. The molecule has 2 aliphatic carbocycles. The largest absolute Gasteiger partial charge is 0.456 e. The van der Waals surface area contributed by atoms with Crippen LogP contribution < -0.4 is 16.2 Å². The van der Waals surface area contributed by atoms with E-state index in [4.69, 9.17) is 8.83 Å². The van der Waals surface area contributed by atoms with E-state index in [-0.39, 0.29) is 21.7 Å². The fourth-order valence-corrected chi connectivity index (χ4v) is 12.9. The van der Waals surface area contributed by atoms with Crippen molar-refractivity contribution in [2.75, 3.05) is 5.32 Å². The van der Waals surface area contributed by atoms with E-state index >= 15 is 0 Å². The number of aryl methyl sites for hydroxylation is 1. The number of nitrogens with one attached hydrogen (secondary N) is 1. The highest BCUT2D eigenvalue weighted by atomic mass is 16.3. The highest BCUT2D eigenvalue weighted by Crippen LogP contribution is 2.56. The Kier molecular flexibility index (Phi) is 7.98. The number of furan rings is 2. The van der Waals surface area contributed by atoms with Gasteiger partial charge in [0.1, 0.15) is 22.3 Å². The monoisotopic (exact) mass is 895 g/mol. The predicted octanol–water partition coefficient (Wildman–Crippen LogP) is 16.2. The van der Waals surface area contributed by atoms with Gasteiger partial charge < -0.3 is 18.7 Å². The summed E-state index contributed by atoms with van der Waals surface area (Å²) in [6, 6.07) is 47.9. The molecule has 0 fully saturated rings. The zero-order valence-electron chi connectivity index (χ0n) is 41.4. The van der Waals surface area contributed by atoms with Crippen molar-refractivity contribution >= 4 is 95.3 Å². The fraction of sp³-hybridized carbons (Fsp3) is 0.250. The summed E-state index contributed by atoms with van der Waals surface area (Å²) in [6.07, 6.45) is 2.37. The third-order valence-corrected chi connectivity index (χ3v) is 16.9. The van der Waals surface area contributed by atoms with Crippen LogP contribution >= 0.6 is 0 Å². The number of fused-ring (bicyclic) bond motifs is 15. The number of hydrogen-bond donors (Lipinski definition) is 1. The van der Waals surface area contributed by atoms with Gasteiger partial charge in [0.2, 0.25) is 0 Å². The maximum absolute atomic E-state index is 6.62. The first-order valence-electron chi connectivity index (χ1n) is 24.9. The molecule has 5 heteroatoms. The van der Waals surface area contributed by atoms with E-state index in [1.807, 2.05) is 0 Å². The molecule has 0 saturated carbocycles. The number of rotatable bonds is 3. The van der Waals surface area contributed by atoms with Crippen molar-refractivity contribution in [2.24, 2.45) is 0 Å². The van der Waals surface area contributed by atoms with Crippen LogP contribution in [0.3, 0.4) is 0 Å². The third-order valence-electron chi connectivity index (χ3n) is 16.9. The van der Waals surface area contributed by atoms with Gasteiger partial charge in [0.05, 0.1) is 5.52 Å². The van der Waals surface area contributed by atoms with Crippen molar-refractivity contribution < 1.29 is 8.83 Å². The van der Waals surface area contributed by atoms with Gasteiger partial charge in [-0.05, 0) is 140 Å². The number of benzene rings is 8. The topological polar surface area (TPSA) is 43.2 Å². The van der Waals surface area contributed by atoms with Gasteiger partial charge >= 0.3 is 0 Å². The van der Waals surface area contributed by atoms with Gasteiger partial charge in [-0.15, -0.1) is 0 Å². The van der Waals surface area contributed by atoms with E-state index in [1.54, 1.807) is 0 Å². The summed E-state index contributed by atoms with van der Waals surface area (Å²) in [4.78, 5) is 0. The summed E-state index contributed by atoms with van der Waals surface area (Å²) < 4.78 is 15.7. The lowest BCUT2D eigenvalue weighted by molar-refractivity contribution is 0.331. The lowest BCUT2D eigenvalue weighted by atomic mass is 9.58. The standard InChI is InChI=1S/C64H56BN2O2/c1-34-25-44(41-26-39-40-28-48-49(63(7,8)24-23-62(48,5)6)30-46(40)64(9,10)47(39)31-51(41)66-36-21-19-35(20-22-36)61(2,3)4)59-60-58(34)45-27-42-37-15-11-13-17-54(37)68-56(42)32-52(45)67(60)53-33-57-43(29-50(53)65-59)38-16-12-14-18-55(38)69-57/h11-22,25-33,66H,23-24H2,1-10H3. The molecule has 4 nitrogen and oxygen atoms in total. The van der Waals surface area contributed by atoms with Crippen LogP contribution in [0.5, 0.6) is 0 Å². The highest BCUT2D eigenvalue weighted by Gasteiger charge is 2.43. The number of hydrogen-bond acceptors (Lipinski definition) is 3. The summed E-state index contributed by atoms with van der Waals surface area (Å²) in [7, 11) is 2.46. The summed E-state index contributed by atoms with van der Waals surface area (Å²) in [5.41, 5.74) is 25.1. The van der Waals surface area contributed by atoms with E-state index in [1.165, 1.54) is 90.2 Å². The van der Waals surface area contributed by atoms with Crippen LogP contribution in [0.4, 0.5) is 11.4 Å². The zero-order valence-corrected chi connectivity index (χ0v) is 41.4. The fourth-order valence-electron chi connectivity index (χ4n) is 12.9. The Balaban J connectivity index is 1.08. The highest BCUT2D eigenvalue weighted by molar-refractivity contribution is 6.74. The lowest BCUT2D eigenvalue weighted by Gasteiger charge is -2.42. The van der Waals surface area contributed by atoms with Crippen molar-refractivity contribution in [3.8, 4) is 27.9 Å². The van der Waals surface area contributed by atoms with E-state index in [2.05, 4.69) is 214 Å². The van der Waals surface area contributed by atoms with Crippen LogP contribution in [0.15, 0.2) is 136 Å². The number of para-hydroxylation sites is 2. The van der Waals surface area contributed by atoms with Gasteiger partial charge in [-0.2, -0.15) is 0 Å². The number of aromatic nitrogens is 1. The molecule has 1 N–H and O–H groups in total. The molecule has 69 heavy (non-hydrogen) atoms. The van der Waals surface area contributed by atoms with Crippen molar-refractivity contribution in [1.29, 1.82) is 0 Å². The normalized spacial score (nSPS) is 16.3. The van der Waals surface area contributed by atoms with Gasteiger partial charge in [0, 0.05) is 78.0 Å². The zero-order chi connectivity index (χ0) is 47.3. The molecule has 1 radical (unpaired) electrons. The molecule has 14 rings (SSSR count). The first-order valence-corrected chi connectivity index (χ1v) is 24.9. The Morgan fingerprint density at radius 1 is 0.551 bits per heavy atom. The molecule has 0 unspecified atom stereocenters.